The maximum atomic E-state index is 13.0. The fraction of sp³-hybridized carbons (Fsp3) is 0.391. The molecule has 3 N–H and O–H groups in total. The molecule has 2 aromatic carbocycles. The predicted molar refractivity (Wildman–Crippen MR) is 115 cm³/mol. The van der Waals surface area contributed by atoms with Gasteiger partial charge >= 0.3 is 12.1 Å². The van der Waals surface area contributed by atoms with Crippen molar-refractivity contribution in [3.05, 3.63) is 53.6 Å². The molecule has 1 fully saturated rings. The van der Waals surface area contributed by atoms with Gasteiger partial charge in [-0.15, -0.1) is 0 Å². The molecule has 0 radical (unpaired) electrons. The number of nitrogens with one attached hydrogen (secondary N) is 3. The Labute approximate surface area is 175 Å². The second-order valence-corrected chi connectivity index (χ2v) is 8.41. The lowest BCUT2D eigenvalue weighted by Crippen LogP contribution is -2.45. The van der Waals surface area contributed by atoms with Crippen LogP contribution in [0.2, 0.25) is 0 Å². The Morgan fingerprint density at radius 1 is 1.17 bits per heavy atom. The fourth-order valence-electron chi connectivity index (χ4n) is 4.97. The predicted octanol–water partition coefficient (Wildman–Crippen LogP) is 4.30. The molecule has 1 spiro atoms. The van der Waals surface area contributed by atoms with Gasteiger partial charge in [0, 0.05) is 36.8 Å². The highest BCUT2D eigenvalue weighted by Gasteiger charge is 2.43. The molecule has 4 amide bonds. The largest absolute Gasteiger partial charge is 0.487 e. The topological polar surface area (TPSA) is 82.7 Å². The van der Waals surface area contributed by atoms with E-state index in [1.165, 1.54) is 0 Å². The number of hydrogen-bond donors (Lipinski definition) is 3. The highest BCUT2D eigenvalue weighted by atomic mass is 16.5. The minimum absolute atomic E-state index is 0.102. The molecule has 5 rings (SSSR count). The van der Waals surface area contributed by atoms with Gasteiger partial charge in [-0.3, -0.25) is 4.90 Å². The zero-order chi connectivity index (χ0) is 20.7. The molecular weight excluding hydrogens is 380 g/mol. The molecule has 3 aliphatic rings. The minimum atomic E-state index is -0.252. The standard InChI is InChI=1S/C23H26N4O3/c1-27-19-9-6-8-17(16(19)14-24-22(27)29)25-21(28)26-18-13-23(11-4-5-12-23)30-20-10-3-2-7-15(18)20/h2-3,6-10,18H,4-5,11-14H2,1H3,(H,24,29)(H2,25,26,28)/t18-/m1/s1. The fourth-order valence-corrected chi connectivity index (χ4v) is 4.97. The Bertz CT molecular complexity index is 1000. The molecule has 1 aliphatic carbocycles. The van der Waals surface area contributed by atoms with Crippen LogP contribution in [-0.2, 0) is 6.54 Å². The molecule has 1 atom stereocenters. The van der Waals surface area contributed by atoms with E-state index in [1.807, 2.05) is 42.5 Å². The average molecular weight is 406 g/mol. The van der Waals surface area contributed by atoms with E-state index < -0.39 is 0 Å². The average Bonchev–Trinajstić information content (AvgIpc) is 3.18. The van der Waals surface area contributed by atoms with E-state index in [1.54, 1.807) is 11.9 Å². The molecule has 30 heavy (non-hydrogen) atoms. The Balaban J connectivity index is 1.37. The van der Waals surface area contributed by atoms with Crippen molar-refractivity contribution in [2.75, 3.05) is 17.3 Å². The highest BCUT2D eigenvalue weighted by Crippen LogP contribution is 2.47. The third-order valence-electron chi connectivity index (χ3n) is 6.50. The van der Waals surface area contributed by atoms with Crippen LogP contribution in [0.15, 0.2) is 42.5 Å². The van der Waals surface area contributed by atoms with Gasteiger partial charge in [-0.2, -0.15) is 0 Å². The van der Waals surface area contributed by atoms with Crippen molar-refractivity contribution in [2.24, 2.45) is 0 Å². The number of rotatable bonds is 2. The molecule has 156 valence electrons. The summed E-state index contributed by atoms with van der Waals surface area (Å²) in [5.74, 6) is 0.873. The van der Waals surface area contributed by atoms with Gasteiger partial charge in [-0.1, -0.05) is 24.3 Å². The zero-order valence-corrected chi connectivity index (χ0v) is 17.0. The number of amides is 4. The third kappa shape index (κ3) is 3.24. The van der Waals surface area contributed by atoms with Crippen LogP contribution in [0.3, 0.4) is 0 Å². The van der Waals surface area contributed by atoms with Crippen LogP contribution in [-0.4, -0.2) is 24.7 Å². The molecule has 0 saturated heterocycles. The van der Waals surface area contributed by atoms with Crippen molar-refractivity contribution in [2.45, 2.75) is 50.3 Å². The summed E-state index contributed by atoms with van der Waals surface area (Å²) < 4.78 is 6.39. The molecule has 2 heterocycles. The van der Waals surface area contributed by atoms with Crippen LogP contribution in [0, 0.1) is 0 Å². The van der Waals surface area contributed by atoms with Gasteiger partial charge in [-0.05, 0) is 43.9 Å². The second kappa shape index (κ2) is 7.23. The van der Waals surface area contributed by atoms with Gasteiger partial charge < -0.3 is 20.7 Å². The van der Waals surface area contributed by atoms with Gasteiger partial charge in [0.05, 0.1) is 11.7 Å². The number of carbonyl (C=O) groups excluding carboxylic acids is 2. The van der Waals surface area contributed by atoms with Crippen LogP contribution in [0.4, 0.5) is 21.0 Å². The van der Waals surface area contributed by atoms with Crippen LogP contribution in [0.25, 0.3) is 0 Å². The van der Waals surface area contributed by atoms with E-state index in [4.69, 9.17) is 4.74 Å². The number of hydrogen-bond acceptors (Lipinski definition) is 3. The molecule has 2 aromatic rings. The number of ether oxygens (including phenoxy) is 1. The number of fused-ring (bicyclic) bond motifs is 2. The number of para-hydroxylation sites is 1. The highest BCUT2D eigenvalue weighted by molar-refractivity contribution is 5.98. The summed E-state index contributed by atoms with van der Waals surface area (Å²) in [7, 11) is 1.72. The normalized spacial score (nSPS) is 21.3. The summed E-state index contributed by atoms with van der Waals surface area (Å²) in [5, 5.41) is 8.99. The van der Waals surface area contributed by atoms with Crippen LogP contribution in [0.1, 0.15) is 49.3 Å². The van der Waals surface area contributed by atoms with E-state index in [0.717, 1.165) is 54.7 Å². The van der Waals surface area contributed by atoms with Gasteiger partial charge in [0.25, 0.3) is 0 Å². The van der Waals surface area contributed by atoms with Crippen molar-refractivity contribution < 1.29 is 14.3 Å². The molecule has 7 nitrogen and oxygen atoms in total. The van der Waals surface area contributed by atoms with Crippen molar-refractivity contribution in [1.82, 2.24) is 10.6 Å². The first-order chi connectivity index (χ1) is 14.5. The first-order valence-electron chi connectivity index (χ1n) is 10.5. The number of nitrogens with zero attached hydrogens (tertiary/aromatic N) is 1. The molecule has 0 unspecified atom stereocenters. The van der Waals surface area contributed by atoms with Crippen LogP contribution < -0.4 is 25.6 Å². The Hall–Kier alpha value is -3.22. The monoisotopic (exact) mass is 406 g/mol. The smallest absolute Gasteiger partial charge is 0.321 e. The third-order valence-corrected chi connectivity index (χ3v) is 6.50. The minimum Gasteiger partial charge on any atom is -0.487 e. The number of anilines is 2. The van der Waals surface area contributed by atoms with E-state index in [-0.39, 0.29) is 23.7 Å². The van der Waals surface area contributed by atoms with Crippen LogP contribution in [0.5, 0.6) is 5.75 Å². The molecule has 0 aromatic heterocycles. The number of carbonyl (C=O) groups is 2. The molecule has 1 saturated carbocycles. The molecule has 7 heteroatoms. The van der Waals surface area contributed by atoms with Crippen molar-refractivity contribution >= 4 is 23.4 Å². The first-order valence-corrected chi connectivity index (χ1v) is 10.5. The molecule has 2 aliphatic heterocycles. The quantitative estimate of drug-likeness (QED) is 0.695. The SMILES string of the molecule is CN1C(=O)NCc2c(NC(=O)N[C@@H]3CC4(CCCC4)Oc4ccccc43)cccc21. The summed E-state index contributed by atoms with van der Waals surface area (Å²) in [4.78, 5) is 26.4. The van der Waals surface area contributed by atoms with Gasteiger partial charge in [0.2, 0.25) is 0 Å². The second-order valence-electron chi connectivity index (χ2n) is 8.41. The summed E-state index contributed by atoms with van der Waals surface area (Å²) in [6.45, 7) is 0.387. The lowest BCUT2D eigenvalue weighted by Gasteiger charge is -2.40. The summed E-state index contributed by atoms with van der Waals surface area (Å²) in [6.07, 6.45) is 5.16. The summed E-state index contributed by atoms with van der Waals surface area (Å²) in [5.41, 5.74) is 3.25. The maximum Gasteiger partial charge on any atom is 0.321 e. The Morgan fingerprint density at radius 3 is 2.80 bits per heavy atom. The van der Waals surface area contributed by atoms with Gasteiger partial charge in [-0.25, -0.2) is 9.59 Å². The maximum absolute atomic E-state index is 13.0. The van der Waals surface area contributed by atoms with E-state index in [9.17, 15) is 9.59 Å². The van der Waals surface area contributed by atoms with Gasteiger partial charge in [0.15, 0.2) is 0 Å². The zero-order valence-electron chi connectivity index (χ0n) is 17.0. The first kappa shape index (κ1) is 18.8. The van der Waals surface area contributed by atoms with E-state index in [0.29, 0.717) is 12.2 Å². The molecular formula is C23H26N4O3. The summed E-state index contributed by atoms with van der Waals surface area (Å²) in [6, 6.07) is 13.1. The molecule has 0 bridgehead atoms. The Kier molecular flexibility index (Phi) is 4.53. The van der Waals surface area contributed by atoms with Crippen LogP contribution >= 0.6 is 0 Å². The van der Waals surface area contributed by atoms with Crippen molar-refractivity contribution in [3.8, 4) is 5.75 Å². The number of benzene rings is 2. The van der Waals surface area contributed by atoms with Crippen molar-refractivity contribution in [1.29, 1.82) is 0 Å². The number of urea groups is 2. The van der Waals surface area contributed by atoms with E-state index in [2.05, 4.69) is 16.0 Å². The van der Waals surface area contributed by atoms with Crippen molar-refractivity contribution in [3.63, 3.8) is 0 Å². The van der Waals surface area contributed by atoms with E-state index >= 15 is 0 Å². The summed E-state index contributed by atoms with van der Waals surface area (Å²) >= 11 is 0. The lowest BCUT2D eigenvalue weighted by atomic mass is 9.86. The van der Waals surface area contributed by atoms with Gasteiger partial charge in [0.1, 0.15) is 11.4 Å². The Morgan fingerprint density at radius 2 is 1.97 bits per heavy atom. The lowest BCUT2D eigenvalue weighted by molar-refractivity contribution is 0.0388.